The van der Waals surface area contributed by atoms with Crippen LogP contribution < -0.4 is 9.47 Å². The summed E-state index contributed by atoms with van der Waals surface area (Å²) >= 11 is 0. The molecule has 2 aliphatic heterocycles. The molecular formula is C50H63N2O8PS2. The Morgan fingerprint density at radius 1 is 0.810 bits per heavy atom. The summed E-state index contributed by atoms with van der Waals surface area (Å²) in [6.45, 7) is 17.5. The lowest BCUT2D eigenvalue weighted by molar-refractivity contribution is -0.147. The molecule has 0 spiro atoms. The molecule has 13 heteroatoms. The number of benzene rings is 4. The maximum absolute atomic E-state index is 13.5. The van der Waals surface area contributed by atoms with Gasteiger partial charge in [-0.2, -0.15) is 0 Å². The zero-order chi connectivity index (χ0) is 45.3. The van der Waals surface area contributed by atoms with Gasteiger partial charge in [-0.25, -0.2) is 4.67 Å². The predicted molar refractivity (Wildman–Crippen MR) is 255 cm³/mol. The zero-order valence-electron chi connectivity index (χ0n) is 38.2. The van der Waals surface area contributed by atoms with Crippen molar-refractivity contribution in [3.63, 3.8) is 0 Å². The molecule has 1 saturated heterocycles. The van der Waals surface area contributed by atoms with Crippen LogP contribution >= 0.6 is 30.1 Å². The van der Waals surface area contributed by atoms with Crippen molar-refractivity contribution in [1.29, 1.82) is 0 Å². The van der Waals surface area contributed by atoms with E-state index < -0.39 is 32.6 Å². The van der Waals surface area contributed by atoms with Gasteiger partial charge in [0.05, 0.1) is 40.0 Å². The van der Waals surface area contributed by atoms with E-state index in [1.165, 1.54) is 10.5 Å². The quantitative estimate of drug-likeness (QED) is 0.0367. The highest BCUT2D eigenvalue weighted by molar-refractivity contribution is 8.77. The molecule has 1 amide bonds. The van der Waals surface area contributed by atoms with Crippen molar-refractivity contribution >= 4 is 41.8 Å². The number of hydrogen-bond acceptors (Lipinski definition) is 11. The molecule has 0 aliphatic carbocycles. The molecule has 6 rings (SSSR count). The fourth-order valence-electron chi connectivity index (χ4n) is 7.81. The van der Waals surface area contributed by atoms with Crippen LogP contribution in [0.4, 0.5) is 0 Å². The average Bonchev–Trinajstić information content (AvgIpc) is 3.66. The van der Waals surface area contributed by atoms with Gasteiger partial charge in [0.1, 0.15) is 29.4 Å². The average molecular weight is 915 g/mol. The fraction of sp³-hybridized carbons (Fsp3) is 0.440. The van der Waals surface area contributed by atoms with Gasteiger partial charge >= 0.3 is 0 Å². The summed E-state index contributed by atoms with van der Waals surface area (Å²) in [6.07, 6.45) is 0.570. The number of carbonyl (C=O) groups excluding carboxylic acids is 2. The van der Waals surface area contributed by atoms with Gasteiger partial charge in [0.15, 0.2) is 5.78 Å². The number of ether oxygens (including phenoxy) is 4. The van der Waals surface area contributed by atoms with Crippen LogP contribution in [0.3, 0.4) is 0 Å². The molecule has 0 radical (unpaired) electrons. The van der Waals surface area contributed by atoms with Crippen molar-refractivity contribution in [3.8, 4) is 11.5 Å². The summed E-state index contributed by atoms with van der Waals surface area (Å²) in [5, 5.41) is 0. The molecule has 338 valence electrons. The number of nitrogens with zero attached hydrogens (tertiary/aromatic N) is 2. The van der Waals surface area contributed by atoms with Crippen LogP contribution in [0.15, 0.2) is 120 Å². The lowest BCUT2D eigenvalue weighted by Crippen LogP contribution is -2.41. The smallest absolute Gasteiger partial charge is 0.259 e. The summed E-state index contributed by atoms with van der Waals surface area (Å²) in [5.41, 5.74) is 3.28. The second-order valence-electron chi connectivity index (χ2n) is 17.3. The van der Waals surface area contributed by atoms with Gasteiger partial charge in [-0.3, -0.25) is 14.5 Å². The van der Waals surface area contributed by atoms with Gasteiger partial charge in [-0.15, -0.1) is 0 Å². The topological polar surface area (TPSA) is 96.0 Å². The fourth-order valence-corrected chi connectivity index (χ4v) is 11.8. The SMILES string of the molecule is COc1ccc(C(OCC2OC(N3C=C(C)C(=O)CC3=O)CC2OP(OCCc2ccccc2SSC(C)(C)C)N(C(C)C)C(C)C)(c2ccccc2)c2ccc(OC)cc2)cc1. The molecule has 0 N–H and O–H groups in total. The molecule has 10 nitrogen and oxygen atoms in total. The van der Waals surface area contributed by atoms with Crippen LogP contribution in [0.5, 0.6) is 11.5 Å². The number of amides is 1. The molecule has 2 heterocycles. The molecule has 63 heavy (non-hydrogen) atoms. The van der Waals surface area contributed by atoms with E-state index in [1.807, 2.05) is 77.5 Å². The highest BCUT2D eigenvalue weighted by Crippen LogP contribution is 2.51. The van der Waals surface area contributed by atoms with Crippen LogP contribution in [-0.4, -0.2) is 84.0 Å². The summed E-state index contributed by atoms with van der Waals surface area (Å²) in [4.78, 5) is 28.9. The molecule has 0 bridgehead atoms. The Morgan fingerprint density at radius 2 is 1.38 bits per heavy atom. The minimum Gasteiger partial charge on any atom is -0.497 e. The van der Waals surface area contributed by atoms with Gasteiger partial charge in [0.2, 0.25) is 5.91 Å². The minimum atomic E-state index is -1.63. The summed E-state index contributed by atoms with van der Waals surface area (Å²) in [7, 11) is 5.32. The Kier molecular flexibility index (Phi) is 17.0. The number of allylic oxidation sites excluding steroid dienone is 1. The maximum Gasteiger partial charge on any atom is 0.259 e. The Bertz CT molecular complexity index is 2090. The molecular weight excluding hydrogens is 852 g/mol. The van der Waals surface area contributed by atoms with E-state index in [4.69, 9.17) is 28.0 Å². The van der Waals surface area contributed by atoms with Crippen LogP contribution in [0.25, 0.3) is 0 Å². The van der Waals surface area contributed by atoms with Crippen molar-refractivity contribution in [2.24, 2.45) is 0 Å². The van der Waals surface area contributed by atoms with E-state index in [9.17, 15) is 9.59 Å². The molecule has 4 aromatic rings. The third kappa shape index (κ3) is 12.2. The second-order valence-corrected chi connectivity index (χ2v) is 21.7. The standard InChI is InChI=1S/C50H63N2O8PS2/c1-34(2)52(35(3)4)61(58-29-28-37-16-14-15-19-46(37)62-63-49(6,7)8)60-44-31-48(51-32-36(5)43(53)30-47(51)54)59-45(44)33-57-50(38-17-12-11-13-18-38,39-20-24-41(55-9)25-21-39)40-22-26-42(56-10)27-23-40/h11-27,32,34-35,44-45,48H,28-31,33H2,1-10H3. The van der Waals surface area contributed by atoms with E-state index in [0.29, 0.717) is 25.0 Å². The predicted octanol–water partition coefficient (Wildman–Crippen LogP) is 11.4. The van der Waals surface area contributed by atoms with E-state index in [0.717, 1.165) is 28.2 Å². The molecule has 4 aromatic carbocycles. The molecule has 0 aromatic heterocycles. The van der Waals surface area contributed by atoms with Crippen LogP contribution in [0, 0.1) is 0 Å². The maximum atomic E-state index is 13.5. The highest BCUT2D eigenvalue weighted by Gasteiger charge is 2.47. The van der Waals surface area contributed by atoms with Crippen LogP contribution in [-0.2, 0) is 40.1 Å². The van der Waals surface area contributed by atoms with Gasteiger partial charge in [0, 0.05) is 39.9 Å². The lowest BCUT2D eigenvalue weighted by Gasteiger charge is -2.39. The first-order valence-corrected chi connectivity index (χ1v) is 24.9. The third-order valence-corrected chi connectivity index (χ3v) is 16.5. The van der Waals surface area contributed by atoms with Crippen molar-refractivity contribution in [2.45, 2.75) is 120 Å². The number of rotatable bonds is 20. The van der Waals surface area contributed by atoms with Gasteiger partial charge in [-0.05, 0) is 93.6 Å². The van der Waals surface area contributed by atoms with Gasteiger partial charge in [-0.1, -0.05) is 115 Å². The Hall–Kier alpha value is -3.71. The van der Waals surface area contributed by atoms with E-state index in [2.05, 4.69) is 89.5 Å². The number of ketones is 1. The molecule has 4 atom stereocenters. The zero-order valence-corrected chi connectivity index (χ0v) is 40.8. The van der Waals surface area contributed by atoms with Crippen LogP contribution in [0.1, 0.15) is 90.5 Å². The molecule has 0 saturated carbocycles. The highest BCUT2D eigenvalue weighted by atomic mass is 33.1. The Morgan fingerprint density at radius 3 is 1.95 bits per heavy atom. The number of carbonyl (C=O) groups is 2. The second kappa shape index (κ2) is 22.0. The Labute approximate surface area is 383 Å². The van der Waals surface area contributed by atoms with Crippen molar-refractivity contribution in [3.05, 3.63) is 137 Å². The van der Waals surface area contributed by atoms with E-state index in [-0.39, 0.29) is 41.5 Å². The number of Topliss-reactive ketones (excluding diaryl/α,β-unsaturated/α-hetero) is 1. The molecule has 2 aliphatic rings. The summed E-state index contributed by atoms with van der Waals surface area (Å²) < 4.78 is 41.9. The first-order valence-electron chi connectivity index (χ1n) is 21.6. The third-order valence-electron chi connectivity index (χ3n) is 10.9. The van der Waals surface area contributed by atoms with Gasteiger partial charge in [0.25, 0.3) is 8.53 Å². The van der Waals surface area contributed by atoms with E-state index in [1.54, 1.807) is 43.0 Å². The first-order chi connectivity index (χ1) is 30.1. The van der Waals surface area contributed by atoms with Crippen molar-refractivity contribution in [1.82, 2.24) is 9.57 Å². The van der Waals surface area contributed by atoms with Crippen molar-refractivity contribution < 1.29 is 37.6 Å². The summed E-state index contributed by atoms with van der Waals surface area (Å²) in [6, 6.07) is 34.7. The molecule has 1 fully saturated rings. The normalized spacial score (nSPS) is 19.0. The monoisotopic (exact) mass is 914 g/mol. The number of hydrogen-bond donors (Lipinski definition) is 0. The minimum absolute atomic E-state index is 0.0837. The first kappa shape index (κ1) is 48.7. The Balaban J connectivity index is 1.37. The summed E-state index contributed by atoms with van der Waals surface area (Å²) in [5.74, 6) is 0.944. The van der Waals surface area contributed by atoms with Crippen LogP contribution in [0.2, 0.25) is 0 Å². The van der Waals surface area contributed by atoms with E-state index >= 15 is 0 Å². The van der Waals surface area contributed by atoms with Crippen molar-refractivity contribution in [2.75, 3.05) is 27.4 Å². The lowest BCUT2D eigenvalue weighted by atomic mass is 9.80. The molecule has 4 unspecified atom stereocenters. The number of methoxy groups -OCH3 is 2. The van der Waals surface area contributed by atoms with Gasteiger partial charge < -0.3 is 28.0 Å². The largest absolute Gasteiger partial charge is 0.497 e.